The van der Waals surface area contributed by atoms with Gasteiger partial charge in [0.25, 0.3) is 5.91 Å². The first-order chi connectivity index (χ1) is 14.4. The second-order valence-corrected chi connectivity index (χ2v) is 7.66. The zero-order valence-corrected chi connectivity index (χ0v) is 17.1. The summed E-state index contributed by atoms with van der Waals surface area (Å²) in [7, 11) is 0. The number of hydrogen-bond donors (Lipinski definition) is 1. The Balaban J connectivity index is 1.54. The van der Waals surface area contributed by atoms with E-state index in [1.54, 1.807) is 24.0 Å². The first-order valence-electron chi connectivity index (χ1n) is 10.1. The number of carbonyl (C=O) groups is 3. The van der Waals surface area contributed by atoms with Crippen molar-refractivity contribution < 1.29 is 14.4 Å². The van der Waals surface area contributed by atoms with Gasteiger partial charge in [-0.15, -0.1) is 0 Å². The molecule has 2 aromatic rings. The van der Waals surface area contributed by atoms with Gasteiger partial charge in [0.15, 0.2) is 0 Å². The Morgan fingerprint density at radius 3 is 2.67 bits per heavy atom. The van der Waals surface area contributed by atoms with Crippen LogP contribution in [0.1, 0.15) is 37.3 Å². The van der Waals surface area contributed by atoms with Gasteiger partial charge in [0, 0.05) is 37.7 Å². The SMILES string of the molecule is CC(=O)N1CCCc2cc(NC(=O)C3=NN(c4cccc(C)c4)C(=O)CC3)ccc21. The molecular weight excluding hydrogens is 380 g/mol. The van der Waals surface area contributed by atoms with Gasteiger partial charge >= 0.3 is 0 Å². The smallest absolute Gasteiger partial charge is 0.271 e. The van der Waals surface area contributed by atoms with Crippen LogP contribution in [0.2, 0.25) is 0 Å². The summed E-state index contributed by atoms with van der Waals surface area (Å²) in [5, 5.41) is 8.53. The number of rotatable bonds is 3. The van der Waals surface area contributed by atoms with E-state index in [1.807, 2.05) is 37.3 Å². The van der Waals surface area contributed by atoms with E-state index in [0.717, 1.165) is 29.7 Å². The number of nitrogens with zero attached hydrogens (tertiary/aromatic N) is 3. The quantitative estimate of drug-likeness (QED) is 0.851. The molecule has 0 radical (unpaired) electrons. The summed E-state index contributed by atoms with van der Waals surface area (Å²) in [6.45, 7) is 4.22. The predicted molar refractivity (Wildman–Crippen MR) is 117 cm³/mol. The Morgan fingerprint density at radius 2 is 1.90 bits per heavy atom. The van der Waals surface area contributed by atoms with Crippen LogP contribution < -0.4 is 15.2 Å². The third-order valence-corrected chi connectivity index (χ3v) is 5.38. The number of hydrogen-bond acceptors (Lipinski definition) is 4. The van der Waals surface area contributed by atoms with Crippen LogP contribution in [0.15, 0.2) is 47.6 Å². The summed E-state index contributed by atoms with van der Waals surface area (Å²) in [6, 6.07) is 13.1. The van der Waals surface area contributed by atoms with E-state index in [-0.39, 0.29) is 24.1 Å². The third-order valence-electron chi connectivity index (χ3n) is 5.38. The summed E-state index contributed by atoms with van der Waals surface area (Å²) in [6.07, 6.45) is 2.29. The molecular formula is C23H24N4O3. The molecule has 0 saturated heterocycles. The first-order valence-corrected chi connectivity index (χ1v) is 10.1. The number of nitrogens with one attached hydrogen (secondary N) is 1. The lowest BCUT2D eigenvalue weighted by Gasteiger charge is -2.29. The van der Waals surface area contributed by atoms with E-state index < -0.39 is 0 Å². The van der Waals surface area contributed by atoms with E-state index in [9.17, 15) is 14.4 Å². The van der Waals surface area contributed by atoms with Crippen LogP contribution in [0.5, 0.6) is 0 Å². The summed E-state index contributed by atoms with van der Waals surface area (Å²) >= 11 is 0. The second-order valence-electron chi connectivity index (χ2n) is 7.66. The van der Waals surface area contributed by atoms with Crippen LogP contribution in [-0.2, 0) is 20.8 Å². The van der Waals surface area contributed by atoms with Gasteiger partial charge in [-0.05, 0) is 61.2 Å². The number of aryl methyl sites for hydroxylation is 2. The Labute approximate surface area is 175 Å². The summed E-state index contributed by atoms with van der Waals surface area (Å²) in [5.74, 6) is -0.431. The molecule has 0 bridgehead atoms. The molecule has 30 heavy (non-hydrogen) atoms. The van der Waals surface area contributed by atoms with Crippen LogP contribution in [0.4, 0.5) is 17.1 Å². The van der Waals surface area contributed by atoms with Gasteiger partial charge in [0.05, 0.1) is 5.69 Å². The van der Waals surface area contributed by atoms with Gasteiger partial charge < -0.3 is 10.2 Å². The fourth-order valence-corrected chi connectivity index (χ4v) is 3.88. The minimum atomic E-state index is -0.320. The number of benzene rings is 2. The lowest BCUT2D eigenvalue weighted by molar-refractivity contribution is -0.119. The topological polar surface area (TPSA) is 82.1 Å². The Bertz CT molecular complexity index is 1060. The van der Waals surface area contributed by atoms with E-state index in [4.69, 9.17) is 0 Å². The zero-order chi connectivity index (χ0) is 21.3. The molecule has 2 aliphatic rings. The van der Waals surface area contributed by atoms with Gasteiger partial charge in [0.1, 0.15) is 5.71 Å². The standard InChI is InChI=1S/C23H24N4O3/c1-15-5-3-7-19(13-15)27-22(29)11-9-20(25-27)23(30)24-18-8-10-21-17(14-18)6-4-12-26(21)16(2)28/h3,5,7-8,10,13-14H,4,6,9,11-12H2,1-2H3,(H,24,30). The molecule has 154 valence electrons. The van der Waals surface area contributed by atoms with Crippen molar-refractivity contribution in [3.8, 4) is 0 Å². The average molecular weight is 404 g/mol. The lowest BCUT2D eigenvalue weighted by Crippen LogP contribution is -2.36. The number of fused-ring (bicyclic) bond motifs is 1. The highest BCUT2D eigenvalue weighted by Crippen LogP contribution is 2.30. The molecule has 7 nitrogen and oxygen atoms in total. The van der Waals surface area contributed by atoms with Crippen molar-refractivity contribution in [3.05, 3.63) is 53.6 Å². The number of anilines is 3. The minimum Gasteiger partial charge on any atom is -0.321 e. The molecule has 7 heteroatoms. The normalized spacial score (nSPS) is 16.1. The highest BCUT2D eigenvalue weighted by atomic mass is 16.2. The Morgan fingerprint density at radius 1 is 1.07 bits per heavy atom. The molecule has 0 aliphatic carbocycles. The molecule has 0 unspecified atom stereocenters. The molecule has 0 atom stereocenters. The van der Waals surface area contributed by atoms with Crippen molar-refractivity contribution in [2.45, 2.75) is 39.5 Å². The van der Waals surface area contributed by atoms with Crippen LogP contribution in [0, 0.1) is 6.92 Å². The molecule has 2 aliphatic heterocycles. The van der Waals surface area contributed by atoms with E-state index in [1.165, 1.54) is 5.01 Å². The zero-order valence-electron chi connectivity index (χ0n) is 17.1. The fraction of sp³-hybridized carbons (Fsp3) is 0.304. The van der Waals surface area contributed by atoms with E-state index in [0.29, 0.717) is 30.1 Å². The maximum absolute atomic E-state index is 12.8. The molecule has 0 spiro atoms. The molecule has 3 amide bonds. The van der Waals surface area contributed by atoms with Crippen LogP contribution >= 0.6 is 0 Å². The highest BCUT2D eigenvalue weighted by Gasteiger charge is 2.26. The lowest BCUT2D eigenvalue weighted by atomic mass is 10.0. The molecule has 2 aromatic carbocycles. The fourth-order valence-electron chi connectivity index (χ4n) is 3.88. The second kappa shape index (κ2) is 8.10. The number of amides is 3. The number of hydrazone groups is 1. The first kappa shape index (κ1) is 19.8. The van der Waals surface area contributed by atoms with Crippen LogP contribution in [-0.4, -0.2) is 30.0 Å². The monoisotopic (exact) mass is 404 g/mol. The number of carbonyl (C=O) groups excluding carboxylic acids is 3. The highest BCUT2D eigenvalue weighted by molar-refractivity contribution is 6.44. The van der Waals surface area contributed by atoms with Crippen LogP contribution in [0.3, 0.4) is 0 Å². The van der Waals surface area contributed by atoms with E-state index in [2.05, 4.69) is 10.4 Å². The minimum absolute atomic E-state index is 0.0187. The van der Waals surface area contributed by atoms with Crippen molar-refractivity contribution in [2.75, 3.05) is 21.8 Å². The molecule has 1 N–H and O–H groups in total. The van der Waals surface area contributed by atoms with Gasteiger partial charge in [0.2, 0.25) is 11.8 Å². The van der Waals surface area contributed by atoms with Gasteiger partial charge in [-0.2, -0.15) is 5.10 Å². The predicted octanol–water partition coefficient (Wildman–Crippen LogP) is 3.42. The summed E-state index contributed by atoms with van der Waals surface area (Å²) in [4.78, 5) is 38.7. The maximum atomic E-state index is 12.8. The largest absolute Gasteiger partial charge is 0.321 e. The van der Waals surface area contributed by atoms with Crippen molar-refractivity contribution in [2.24, 2.45) is 5.10 Å². The van der Waals surface area contributed by atoms with E-state index >= 15 is 0 Å². The molecule has 0 aromatic heterocycles. The molecule has 2 heterocycles. The van der Waals surface area contributed by atoms with Gasteiger partial charge in [-0.3, -0.25) is 14.4 Å². The average Bonchev–Trinajstić information content (AvgIpc) is 2.73. The molecule has 4 rings (SSSR count). The summed E-state index contributed by atoms with van der Waals surface area (Å²) in [5.41, 5.74) is 4.59. The van der Waals surface area contributed by atoms with Gasteiger partial charge in [-0.25, -0.2) is 5.01 Å². The van der Waals surface area contributed by atoms with Crippen molar-refractivity contribution in [1.82, 2.24) is 0 Å². The maximum Gasteiger partial charge on any atom is 0.271 e. The molecule has 0 fully saturated rings. The summed E-state index contributed by atoms with van der Waals surface area (Å²) < 4.78 is 0. The van der Waals surface area contributed by atoms with Crippen LogP contribution in [0.25, 0.3) is 0 Å². The van der Waals surface area contributed by atoms with Crippen molar-refractivity contribution in [1.29, 1.82) is 0 Å². The Kier molecular flexibility index (Phi) is 5.35. The van der Waals surface area contributed by atoms with Crippen molar-refractivity contribution in [3.63, 3.8) is 0 Å². The Hall–Kier alpha value is -3.48. The van der Waals surface area contributed by atoms with Gasteiger partial charge in [-0.1, -0.05) is 12.1 Å². The molecule has 0 saturated carbocycles. The third kappa shape index (κ3) is 3.96. The van der Waals surface area contributed by atoms with Crippen molar-refractivity contribution >= 4 is 40.5 Å².